The van der Waals surface area contributed by atoms with E-state index in [1.165, 1.54) is 6.08 Å². The molecule has 0 saturated heterocycles. The van der Waals surface area contributed by atoms with Crippen molar-refractivity contribution in [2.24, 2.45) is 0 Å². The van der Waals surface area contributed by atoms with E-state index in [2.05, 4.69) is 12.2 Å². The topological polar surface area (TPSA) is 17.1 Å². The van der Waals surface area contributed by atoms with Gasteiger partial charge in [-0.3, -0.25) is 4.79 Å². The third kappa shape index (κ3) is 2.80. The van der Waals surface area contributed by atoms with Crippen molar-refractivity contribution < 1.29 is 4.79 Å². The molecule has 0 fully saturated rings. The van der Waals surface area contributed by atoms with Gasteiger partial charge >= 0.3 is 0 Å². The Morgan fingerprint density at radius 1 is 1.36 bits per heavy atom. The highest BCUT2D eigenvalue weighted by Crippen LogP contribution is 2.05. The van der Waals surface area contributed by atoms with Crippen molar-refractivity contribution in [3.8, 4) is 0 Å². The SMILES string of the molecule is O=C/C=C/C1=CCC=CC=C1. The summed E-state index contributed by atoms with van der Waals surface area (Å²) < 4.78 is 0. The van der Waals surface area contributed by atoms with Crippen LogP contribution in [0.15, 0.2) is 48.1 Å². The molecule has 1 heteroatoms. The predicted octanol–water partition coefficient (Wildman–Crippen LogP) is 2.18. The second-order valence-electron chi connectivity index (χ2n) is 2.22. The molecule has 0 aromatic carbocycles. The standard InChI is InChI=1S/C10H10O/c11-9-5-8-10-6-3-1-2-4-7-10/h1-3,5-9H,4H2/b8-5+. The van der Waals surface area contributed by atoms with E-state index in [9.17, 15) is 4.79 Å². The first kappa shape index (κ1) is 7.73. The molecule has 0 spiro atoms. The summed E-state index contributed by atoms with van der Waals surface area (Å²) in [7, 11) is 0. The summed E-state index contributed by atoms with van der Waals surface area (Å²) >= 11 is 0. The summed E-state index contributed by atoms with van der Waals surface area (Å²) in [6.45, 7) is 0. The van der Waals surface area contributed by atoms with Crippen LogP contribution in [0.5, 0.6) is 0 Å². The van der Waals surface area contributed by atoms with Gasteiger partial charge in [-0.2, -0.15) is 0 Å². The van der Waals surface area contributed by atoms with Gasteiger partial charge in [0.05, 0.1) is 0 Å². The summed E-state index contributed by atoms with van der Waals surface area (Å²) in [6.07, 6.45) is 15.1. The van der Waals surface area contributed by atoms with Gasteiger partial charge in [-0.05, 0) is 18.1 Å². The maximum absolute atomic E-state index is 9.98. The van der Waals surface area contributed by atoms with Gasteiger partial charge in [0, 0.05) is 0 Å². The number of allylic oxidation sites excluding steroid dienone is 8. The van der Waals surface area contributed by atoms with Crippen LogP contribution in [0.2, 0.25) is 0 Å². The Morgan fingerprint density at radius 2 is 2.27 bits per heavy atom. The van der Waals surface area contributed by atoms with Gasteiger partial charge in [-0.25, -0.2) is 0 Å². The normalized spacial score (nSPS) is 16.5. The molecule has 0 heterocycles. The number of rotatable bonds is 2. The maximum Gasteiger partial charge on any atom is 0.142 e. The first-order chi connectivity index (χ1) is 5.43. The van der Waals surface area contributed by atoms with E-state index in [0.29, 0.717) is 0 Å². The van der Waals surface area contributed by atoms with Gasteiger partial charge in [0.15, 0.2) is 0 Å². The van der Waals surface area contributed by atoms with Gasteiger partial charge in [0.25, 0.3) is 0 Å². The molecule has 0 radical (unpaired) electrons. The van der Waals surface area contributed by atoms with Crippen molar-refractivity contribution in [2.45, 2.75) is 6.42 Å². The van der Waals surface area contributed by atoms with Crippen LogP contribution in [0.1, 0.15) is 6.42 Å². The zero-order chi connectivity index (χ0) is 7.94. The Labute approximate surface area is 66.4 Å². The minimum Gasteiger partial charge on any atom is -0.299 e. The molecule has 1 aliphatic rings. The Kier molecular flexibility index (Phi) is 3.13. The van der Waals surface area contributed by atoms with Crippen molar-refractivity contribution in [3.63, 3.8) is 0 Å². The van der Waals surface area contributed by atoms with E-state index in [1.807, 2.05) is 18.2 Å². The van der Waals surface area contributed by atoms with E-state index >= 15 is 0 Å². The molecule has 0 atom stereocenters. The molecular formula is C10H10O. The lowest BCUT2D eigenvalue weighted by molar-refractivity contribution is -0.104. The molecule has 0 unspecified atom stereocenters. The zero-order valence-electron chi connectivity index (χ0n) is 6.23. The van der Waals surface area contributed by atoms with Crippen molar-refractivity contribution in [1.82, 2.24) is 0 Å². The van der Waals surface area contributed by atoms with Gasteiger partial charge in [-0.1, -0.05) is 36.5 Å². The predicted molar refractivity (Wildman–Crippen MR) is 46.2 cm³/mol. The number of aldehydes is 1. The molecule has 0 aromatic heterocycles. The van der Waals surface area contributed by atoms with E-state index in [-0.39, 0.29) is 0 Å². The fourth-order valence-electron chi connectivity index (χ4n) is 0.870. The smallest absolute Gasteiger partial charge is 0.142 e. The molecule has 1 rings (SSSR count). The number of hydrogen-bond donors (Lipinski definition) is 0. The lowest BCUT2D eigenvalue weighted by Crippen LogP contribution is -1.70. The monoisotopic (exact) mass is 146 g/mol. The zero-order valence-corrected chi connectivity index (χ0v) is 6.23. The van der Waals surface area contributed by atoms with Crippen LogP contribution >= 0.6 is 0 Å². The highest BCUT2D eigenvalue weighted by molar-refractivity contribution is 5.66. The van der Waals surface area contributed by atoms with Crippen LogP contribution in [0, 0.1) is 0 Å². The average molecular weight is 146 g/mol. The Hall–Kier alpha value is -1.37. The largest absolute Gasteiger partial charge is 0.299 e. The third-order valence-corrected chi connectivity index (χ3v) is 1.39. The highest BCUT2D eigenvalue weighted by atomic mass is 16.1. The van der Waals surface area contributed by atoms with Crippen LogP contribution in [0.4, 0.5) is 0 Å². The molecule has 1 nitrogen and oxygen atoms in total. The Balaban J connectivity index is 2.65. The Bertz CT molecular complexity index is 242. The molecule has 11 heavy (non-hydrogen) atoms. The molecule has 0 amide bonds. The fraction of sp³-hybridized carbons (Fsp3) is 0.100. The van der Waals surface area contributed by atoms with Crippen molar-refractivity contribution in [3.05, 3.63) is 48.1 Å². The van der Waals surface area contributed by atoms with E-state index < -0.39 is 0 Å². The summed E-state index contributed by atoms with van der Waals surface area (Å²) in [5.74, 6) is 0. The van der Waals surface area contributed by atoms with E-state index in [4.69, 9.17) is 0 Å². The summed E-state index contributed by atoms with van der Waals surface area (Å²) in [4.78, 5) is 9.98. The minimum atomic E-state index is 0.785. The lowest BCUT2D eigenvalue weighted by Gasteiger charge is -1.87. The lowest BCUT2D eigenvalue weighted by atomic mass is 10.2. The summed E-state index contributed by atoms with van der Waals surface area (Å²) in [5, 5.41) is 0. The Morgan fingerprint density at radius 3 is 3.09 bits per heavy atom. The van der Waals surface area contributed by atoms with Gasteiger partial charge < -0.3 is 0 Å². The van der Waals surface area contributed by atoms with Crippen molar-refractivity contribution in [1.29, 1.82) is 0 Å². The molecule has 0 aromatic rings. The summed E-state index contributed by atoms with van der Waals surface area (Å²) in [5.41, 5.74) is 1.09. The first-order valence-electron chi connectivity index (χ1n) is 3.58. The quantitative estimate of drug-likeness (QED) is 0.431. The molecule has 0 saturated carbocycles. The van der Waals surface area contributed by atoms with Gasteiger partial charge in [-0.15, -0.1) is 0 Å². The molecule has 0 N–H and O–H groups in total. The van der Waals surface area contributed by atoms with E-state index in [0.717, 1.165) is 18.3 Å². The van der Waals surface area contributed by atoms with Crippen molar-refractivity contribution >= 4 is 6.29 Å². The second kappa shape index (κ2) is 4.45. The minimum absolute atomic E-state index is 0.785. The van der Waals surface area contributed by atoms with Crippen LogP contribution in [-0.4, -0.2) is 6.29 Å². The summed E-state index contributed by atoms with van der Waals surface area (Å²) in [6, 6.07) is 0. The molecule has 0 aliphatic heterocycles. The third-order valence-electron chi connectivity index (χ3n) is 1.39. The molecular weight excluding hydrogens is 136 g/mol. The van der Waals surface area contributed by atoms with Crippen molar-refractivity contribution in [2.75, 3.05) is 0 Å². The van der Waals surface area contributed by atoms with Crippen LogP contribution < -0.4 is 0 Å². The first-order valence-corrected chi connectivity index (χ1v) is 3.58. The second-order valence-corrected chi connectivity index (χ2v) is 2.22. The molecule has 56 valence electrons. The van der Waals surface area contributed by atoms with Gasteiger partial charge in [0.1, 0.15) is 6.29 Å². The maximum atomic E-state index is 9.98. The number of carbonyl (C=O) groups excluding carboxylic acids is 1. The molecule has 0 bridgehead atoms. The van der Waals surface area contributed by atoms with E-state index in [1.54, 1.807) is 6.08 Å². The van der Waals surface area contributed by atoms with Crippen LogP contribution in [0.3, 0.4) is 0 Å². The van der Waals surface area contributed by atoms with Gasteiger partial charge in [0.2, 0.25) is 0 Å². The van der Waals surface area contributed by atoms with Crippen LogP contribution in [0.25, 0.3) is 0 Å². The number of hydrogen-bond acceptors (Lipinski definition) is 1. The average Bonchev–Trinajstić information content (AvgIpc) is 2.28. The molecule has 1 aliphatic carbocycles. The van der Waals surface area contributed by atoms with Crippen LogP contribution in [-0.2, 0) is 4.79 Å². The highest BCUT2D eigenvalue weighted by Gasteiger charge is 1.85. The fourth-order valence-corrected chi connectivity index (χ4v) is 0.870. The number of carbonyl (C=O) groups is 1.